The Kier molecular flexibility index (Phi) is 5.53. The number of benzene rings is 1. The SMILES string of the molecule is COc1cccc(COc2c(Cl)cc(CCl)cc2OC)n1. The number of alkyl halides is 1. The summed E-state index contributed by atoms with van der Waals surface area (Å²) < 4.78 is 16.1. The minimum Gasteiger partial charge on any atom is -0.493 e. The lowest BCUT2D eigenvalue weighted by Crippen LogP contribution is -2.02. The highest BCUT2D eigenvalue weighted by molar-refractivity contribution is 6.32. The molecule has 0 aliphatic rings. The molecule has 0 spiro atoms. The summed E-state index contributed by atoms with van der Waals surface area (Å²) in [5.41, 5.74) is 1.60. The van der Waals surface area contributed by atoms with Crippen molar-refractivity contribution in [2.24, 2.45) is 0 Å². The van der Waals surface area contributed by atoms with E-state index in [9.17, 15) is 0 Å². The van der Waals surface area contributed by atoms with Gasteiger partial charge in [0.05, 0.1) is 24.9 Å². The highest BCUT2D eigenvalue weighted by atomic mass is 35.5. The summed E-state index contributed by atoms with van der Waals surface area (Å²) in [6.45, 7) is 0.257. The zero-order valence-corrected chi connectivity index (χ0v) is 13.2. The van der Waals surface area contributed by atoms with E-state index < -0.39 is 0 Å². The van der Waals surface area contributed by atoms with Gasteiger partial charge in [-0.3, -0.25) is 0 Å². The predicted molar refractivity (Wildman–Crippen MR) is 82.7 cm³/mol. The van der Waals surface area contributed by atoms with Crippen LogP contribution in [-0.2, 0) is 12.5 Å². The van der Waals surface area contributed by atoms with Crippen molar-refractivity contribution >= 4 is 23.2 Å². The Morgan fingerprint density at radius 2 is 1.95 bits per heavy atom. The van der Waals surface area contributed by atoms with Crippen LogP contribution in [0.2, 0.25) is 5.02 Å². The van der Waals surface area contributed by atoms with E-state index in [0.29, 0.717) is 28.3 Å². The Bertz CT molecular complexity index is 620. The number of hydrogen-bond acceptors (Lipinski definition) is 4. The van der Waals surface area contributed by atoms with Crippen LogP contribution in [0.4, 0.5) is 0 Å². The lowest BCUT2D eigenvalue weighted by atomic mass is 10.2. The Morgan fingerprint density at radius 3 is 2.62 bits per heavy atom. The van der Waals surface area contributed by atoms with Gasteiger partial charge in [-0.05, 0) is 23.8 Å². The molecule has 1 aromatic heterocycles. The number of methoxy groups -OCH3 is 2. The lowest BCUT2D eigenvalue weighted by molar-refractivity contribution is 0.278. The first-order valence-corrected chi connectivity index (χ1v) is 7.14. The quantitative estimate of drug-likeness (QED) is 0.750. The second kappa shape index (κ2) is 7.38. The lowest BCUT2D eigenvalue weighted by Gasteiger charge is -2.13. The number of ether oxygens (including phenoxy) is 3. The van der Waals surface area contributed by atoms with Crippen molar-refractivity contribution in [2.75, 3.05) is 14.2 Å². The average molecular weight is 328 g/mol. The number of pyridine rings is 1. The number of halogens is 2. The normalized spacial score (nSPS) is 10.3. The average Bonchev–Trinajstić information content (AvgIpc) is 2.53. The molecule has 0 unspecified atom stereocenters. The first-order chi connectivity index (χ1) is 10.2. The van der Waals surface area contributed by atoms with Crippen molar-refractivity contribution in [1.82, 2.24) is 4.98 Å². The maximum Gasteiger partial charge on any atom is 0.213 e. The van der Waals surface area contributed by atoms with E-state index in [2.05, 4.69) is 4.98 Å². The standard InChI is InChI=1S/C15H15Cl2NO3/c1-19-13-7-10(8-16)6-12(17)15(13)21-9-11-4-3-5-14(18-11)20-2/h3-7H,8-9H2,1-2H3. The van der Waals surface area contributed by atoms with Crippen molar-refractivity contribution in [2.45, 2.75) is 12.5 Å². The van der Waals surface area contributed by atoms with Crippen LogP contribution in [0, 0.1) is 0 Å². The molecule has 6 heteroatoms. The van der Waals surface area contributed by atoms with E-state index in [4.69, 9.17) is 37.4 Å². The maximum atomic E-state index is 6.21. The fourth-order valence-electron chi connectivity index (χ4n) is 1.79. The first-order valence-electron chi connectivity index (χ1n) is 6.23. The molecule has 0 aliphatic heterocycles. The molecule has 0 fully saturated rings. The molecule has 0 N–H and O–H groups in total. The van der Waals surface area contributed by atoms with Crippen molar-refractivity contribution in [3.63, 3.8) is 0 Å². The molecule has 1 aromatic carbocycles. The summed E-state index contributed by atoms with van der Waals surface area (Å²) in [6, 6.07) is 9.01. The van der Waals surface area contributed by atoms with Crippen molar-refractivity contribution in [1.29, 1.82) is 0 Å². The van der Waals surface area contributed by atoms with Gasteiger partial charge in [-0.1, -0.05) is 17.7 Å². The van der Waals surface area contributed by atoms with Gasteiger partial charge < -0.3 is 14.2 Å². The zero-order valence-electron chi connectivity index (χ0n) is 11.7. The Balaban J connectivity index is 2.19. The van der Waals surface area contributed by atoms with Gasteiger partial charge in [0.1, 0.15) is 6.61 Å². The summed E-state index contributed by atoms with van der Waals surface area (Å²) in [7, 11) is 3.12. The largest absolute Gasteiger partial charge is 0.493 e. The van der Waals surface area contributed by atoms with E-state index in [-0.39, 0.29) is 6.61 Å². The van der Waals surface area contributed by atoms with Crippen LogP contribution in [0.5, 0.6) is 17.4 Å². The van der Waals surface area contributed by atoms with Crippen molar-refractivity contribution < 1.29 is 14.2 Å². The van der Waals surface area contributed by atoms with Gasteiger partial charge in [0, 0.05) is 11.9 Å². The van der Waals surface area contributed by atoms with Gasteiger partial charge in [0.15, 0.2) is 11.5 Å². The molecule has 2 rings (SSSR count). The van der Waals surface area contributed by atoms with Crippen LogP contribution in [0.3, 0.4) is 0 Å². The molecule has 4 nitrogen and oxygen atoms in total. The van der Waals surface area contributed by atoms with Crippen molar-refractivity contribution in [3.05, 3.63) is 46.6 Å². The van der Waals surface area contributed by atoms with E-state index in [0.717, 1.165) is 11.3 Å². The fourth-order valence-corrected chi connectivity index (χ4v) is 2.23. The summed E-state index contributed by atoms with van der Waals surface area (Å²) in [5.74, 6) is 1.90. The third kappa shape index (κ3) is 3.93. The number of rotatable bonds is 6. The Hall–Kier alpha value is -1.65. The molecular weight excluding hydrogens is 313 g/mol. The summed E-state index contributed by atoms with van der Waals surface area (Å²) in [5, 5.41) is 0.452. The third-order valence-electron chi connectivity index (χ3n) is 2.80. The van der Waals surface area contributed by atoms with Crippen LogP contribution in [0.1, 0.15) is 11.3 Å². The Morgan fingerprint density at radius 1 is 1.14 bits per heavy atom. The van der Waals surface area contributed by atoms with E-state index >= 15 is 0 Å². The number of aromatic nitrogens is 1. The molecule has 1 heterocycles. The summed E-state index contributed by atoms with van der Waals surface area (Å²) in [6.07, 6.45) is 0. The van der Waals surface area contributed by atoms with Gasteiger partial charge in [0.25, 0.3) is 0 Å². The van der Waals surface area contributed by atoms with Crippen LogP contribution < -0.4 is 14.2 Å². The molecule has 0 saturated heterocycles. The third-order valence-corrected chi connectivity index (χ3v) is 3.39. The zero-order chi connectivity index (χ0) is 15.2. The molecule has 0 aliphatic carbocycles. The molecular formula is C15H15Cl2NO3. The summed E-state index contributed by atoms with van der Waals surface area (Å²) in [4.78, 5) is 4.27. The van der Waals surface area contributed by atoms with E-state index in [1.807, 2.05) is 12.1 Å². The first kappa shape index (κ1) is 15.7. The van der Waals surface area contributed by atoms with Gasteiger partial charge in [-0.15, -0.1) is 11.6 Å². The van der Waals surface area contributed by atoms with Gasteiger partial charge >= 0.3 is 0 Å². The molecule has 0 radical (unpaired) electrons. The van der Waals surface area contributed by atoms with Crippen LogP contribution in [0.15, 0.2) is 30.3 Å². The van der Waals surface area contributed by atoms with Gasteiger partial charge in [-0.2, -0.15) is 0 Å². The molecule has 2 aromatic rings. The van der Waals surface area contributed by atoms with Crippen LogP contribution in [0.25, 0.3) is 0 Å². The number of hydrogen-bond donors (Lipinski definition) is 0. The molecule has 0 amide bonds. The van der Waals surface area contributed by atoms with Crippen molar-refractivity contribution in [3.8, 4) is 17.4 Å². The summed E-state index contributed by atoms with van der Waals surface area (Å²) >= 11 is 12.0. The van der Waals surface area contributed by atoms with E-state index in [1.54, 1.807) is 32.4 Å². The molecule has 0 bridgehead atoms. The molecule has 21 heavy (non-hydrogen) atoms. The van der Waals surface area contributed by atoms with Gasteiger partial charge in [0.2, 0.25) is 5.88 Å². The fraction of sp³-hybridized carbons (Fsp3) is 0.267. The van der Waals surface area contributed by atoms with Crippen LogP contribution >= 0.6 is 23.2 Å². The second-order valence-electron chi connectivity index (χ2n) is 4.20. The van der Waals surface area contributed by atoms with E-state index in [1.165, 1.54) is 0 Å². The predicted octanol–water partition coefficient (Wildman–Crippen LogP) is 4.07. The molecule has 112 valence electrons. The monoisotopic (exact) mass is 327 g/mol. The van der Waals surface area contributed by atoms with Crippen LogP contribution in [-0.4, -0.2) is 19.2 Å². The highest BCUT2D eigenvalue weighted by Gasteiger charge is 2.12. The van der Waals surface area contributed by atoms with Gasteiger partial charge in [-0.25, -0.2) is 4.98 Å². The minimum absolute atomic E-state index is 0.257. The maximum absolute atomic E-state index is 6.21. The topological polar surface area (TPSA) is 40.6 Å². The molecule has 0 saturated carbocycles. The second-order valence-corrected chi connectivity index (χ2v) is 4.88. The minimum atomic E-state index is 0.257. The molecule has 0 atom stereocenters. The highest BCUT2D eigenvalue weighted by Crippen LogP contribution is 2.37. The number of nitrogens with zero attached hydrogens (tertiary/aromatic N) is 1. The smallest absolute Gasteiger partial charge is 0.213 e. The Labute approximate surface area is 133 Å².